The average molecular weight is 188 g/mol. The van der Waals surface area contributed by atoms with Gasteiger partial charge in [0.15, 0.2) is 0 Å². The monoisotopic (exact) mass is 188 g/mol. The molecule has 0 saturated carbocycles. The highest BCUT2D eigenvalue weighted by Crippen LogP contribution is 2.34. The summed E-state index contributed by atoms with van der Waals surface area (Å²) in [7, 11) is 0. The lowest BCUT2D eigenvalue weighted by Crippen LogP contribution is -2.16. The molecule has 1 nitrogen and oxygen atoms in total. The molecule has 1 aromatic carbocycles. The van der Waals surface area contributed by atoms with E-state index in [0.717, 1.165) is 6.54 Å². The Bertz CT molecular complexity index is 341. The molecule has 0 aromatic heterocycles. The first kappa shape index (κ1) is 9.57. The van der Waals surface area contributed by atoms with Crippen LogP contribution < -0.4 is 5.32 Å². The Labute approximate surface area is 86.5 Å². The topological polar surface area (TPSA) is 12.0 Å². The van der Waals surface area contributed by atoms with Crippen LogP contribution in [-0.2, 0) is 0 Å². The Morgan fingerprint density at radius 1 is 1.43 bits per heavy atom. The van der Waals surface area contributed by atoms with Crippen molar-refractivity contribution < 1.29 is 0 Å². The second kappa shape index (κ2) is 3.64. The highest BCUT2D eigenvalue weighted by Gasteiger charge is 2.17. The predicted molar refractivity (Wildman–Crippen MR) is 61.8 cm³/mol. The highest BCUT2D eigenvalue weighted by molar-refractivity contribution is 5.62. The molecule has 0 bridgehead atoms. The van der Waals surface area contributed by atoms with E-state index in [9.17, 15) is 0 Å². The summed E-state index contributed by atoms with van der Waals surface area (Å²) in [6.45, 7) is 7.72. The smallest absolute Gasteiger partial charge is 0.0405 e. The van der Waals surface area contributed by atoms with Crippen molar-refractivity contribution in [2.45, 2.75) is 33.1 Å². The van der Waals surface area contributed by atoms with Gasteiger partial charge in [-0.3, -0.25) is 0 Å². The molecule has 1 aliphatic heterocycles. The van der Waals surface area contributed by atoms with Crippen LogP contribution in [-0.4, -0.2) is 6.54 Å². The number of benzene rings is 1. The molecule has 1 radical (unpaired) electrons. The molecule has 1 heteroatoms. The molecule has 0 amide bonds. The Morgan fingerprint density at radius 2 is 2.21 bits per heavy atom. The van der Waals surface area contributed by atoms with Gasteiger partial charge in [-0.15, -0.1) is 0 Å². The summed E-state index contributed by atoms with van der Waals surface area (Å²) in [4.78, 5) is 0. The van der Waals surface area contributed by atoms with Gasteiger partial charge in [0, 0.05) is 12.2 Å². The van der Waals surface area contributed by atoms with E-state index < -0.39 is 0 Å². The minimum absolute atomic E-state index is 0.699. The highest BCUT2D eigenvalue weighted by atomic mass is 14.9. The van der Waals surface area contributed by atoms with E-state index in [4.69, 9.17) is 0 Å². The third kappa shape index (κ3) is 1.52. The van der Waals surface area contributed by atoms with Gasteiger partial charge in [0.1, 0.15) is 0 Å². The van der Waals surface area contributed by atoms with E-state index in [1.54, 1.807) is 0 Å². The van der Waals surface area contributed by atoms with Crippen LogP contribution in [0.15, 0.2) is 12.1 Å². The van der Waals surface area contributed by atoms with Crippen LogP contribution >= 0.6 is 0 Å². The molecule has 0 fully saturated rings. The van der Waals surface area contributed by atoms with Gasteiger partial charge in [-0.05, 0) is 42.4 Å². The molecule has 0 spiro atoms. The fraction of sp³-hybridized carbons (Fsp3) is 0.462. The van der Waals surface area contributed by atoms with Gasteiger partial charge in [-0.1, -0.05) is 26.0 Å². The van der Waals surface area contributed by atoms with Crippen LogP contribution in [0.4, 0.5) is 5.69 Å². The minimum atomic E-state index is 0.699. The lowest BCUT2D eigenvalue weighted by molar-refractivity contribution is 0.682. The van der Waals surface area contributed by atoms with Crippen LogP contribution in [0.25, 0.3) is 0 Å². The fourth-order valence-electron chi connectivity index (χ4n) is 2.21. The molecule has 0 aliphatic carbocycles. The van der Waals surface area contributed by atoms with Gasteiger partial charge in [0.05, 0.1) is 0 Å². The summed E-state index contributed by atoms with van der Waals surface area (Å²) < 4.78 is 0. The fourth-order valence-corrected chi connectivity index (χ4v) is 2.21. The van der Waals surface area contributed by atoms with E-state index >= 15 is 0 Å². The van der Waals surface area contributed by atoms with Crippen molar-refractivity contribution in [2.24, 2.45) is 0 Å². The Morgan fingerprint density at radius 3 is 2.93 bits per heavy atom. The summed E-state index contributed by atoms with van der Waals surface area (Å²) in [5.41, 5.74) is 5.58. The molecular formula is C13H18N. The first-order valence-electron chi connectivity index (χ1n) is 5.40. The SMILES string of the molecule is C[CH]c1cc(C)c2c(c1)C(C)CCN2. The number of fused-ring (bicyclic) bond motifs is 1. The number of nitrogens with one attached hydrogen (secondary N) is 1. The number of aryl methyl sites for hydroxylation is 1. The zero-order valence-corrected chi connectivity index (χ0v) is 9.22. The maximum Gasteiger partial charge on any atom is 0.0405 e. The van der Waals surface area contributed by atoms with E-state index in [1.165, 1.54) is 28.8 Å². The van der Waals surface area contributed by atoms with Crippen LogP contribution in [0.1, 0.15) is 42.9 Å². The van der Waals surface area contributed by atoms with Crippen LogP contribution in [0, 0.1) is 13.3 Å². The largest absolute Gasteiger partial charge is 0.385 e. The molecule has 0 saturated heterocycles. The molecule has 14 heavy (non-hydrogen) atoms. The van der Waals surface area contributed by atoms with Crippen molar-refractivity contribution in [1.82, 2.24) is 0 Å². The van der Waals surface area contributed by atoms with Crippen molar-refractivity contribution >= 4 is 5.69 Å². The lowest BCUT2D eigenvalue weighted by Gasteiger charge is -2.26. The number of hydrogen-bond donors (Lipinski definition) is 1. The van der Waals surface area contributed by atoms with Crippen LogP contribution in [0.5, 0.6) is 0 Å². The number of anilines is 1. The summed E-state index contributed by atoms with van der Waals surface area (Å²) in [5.74, 6) is 0.699. The molecule has 1 unspecified atom stereocenters. The summed E-state index contributed by atoms with van der Waals surface area (Å²) in [6.07, 6.45) is 3.42. The third-order valence-electron chi connectivity index (χ3n) is 3.13. The Balaban J connectivity index is 2.51. The van der Waals surface area contributed by atoms with Gasteiger partial charge in [-0.25, -0.2) is 0 Å². The summed E-state index contributed by atoms with van der Waals surface area (Å²) >= 11 is 0. The van der Waals surface area contributed by atoms with E-state index in [2.05, 4.69) is 44.6 Å². The van der Waals surface area contributed by atoms with Crippen molar-refractivity contribution in [3.05, 3.63) is 35.2 Å². The van der Waals surface area contributed by atoms with Gasteiger partial charge in [-0.2, -0.15) is 0 Å². The van der Waals surface area contributed by atoms with Crippen molar-refractivity contribution in [1.29, 1.82) is 0 Å². The van der Waals surface area contributed by atoms with Crippen molar-refractivity contribution in [3.63, 3.8) is 0 Å². The van der Waals surface area contributed by atoms with Gasteiger partial charge < -0.3 is 5.32 Å². The third-order valence-corrected chi connectivity index (χ3v) is 3.13. The first-order valence-corrected chi connectivity index (χ1v) is 5.40. The van der Waals surface area contributed by atoms with Crippen LogP contribution in [0.3, 0.4) is 0 Å². The van der Waals surface area contributed by atoms with E-state index in [1.807, 2.05) is 0 Å². The van der Waals surface area contributed by atoms with E-state index in [-0.39, 0.29) is 0 Å². The molecular weight excluding hydrogens is 170 g/mol. The number of rotatable bonds is 1. The normalized spacial score (nSPS) is 20.1. The molecule has 75 valence electrons. The molecule has 1 atom stereocenters. The van der Waals surface area contributed by atoms with E-state index in [0.29, 0.717) is 5.92 Å². The van der Waals surface area contributed by atoms with Crippen molar-refractivity contribution in [2.75, 3.05) is 11.9 Å². The number of hydrogen-bond acceptors (Lipinski definition) is 1. The molecule has 1 heterocycles. The second-order valence-electron chi connectivity index (χ2n) is 4.21. The lowest BCUT2D eigenvalue weighted by atomic mass is 9.89. The van der Waals surface area contributed by atoms with Crippen molar-refractivity contribution in [3.8, 4) is 0 Å². The zero-order chi connectivity index (χ0) is 10.1. The molecule has 1 aromatic rings. The average Bonchev–Trinajstić information content (AvgIpc) is 2.19. The standard InChI is InChI=1S/C13H18N/c1-4-11-7-10(3)13-12(8-11)9(2)5-6-14-13/h4,7-9,14H,5-6H2,1-3H3. The Hall–Kier alpha value is -0.980. The summed E-state index contributed by atoms with van der Waals surface area (Å²) in [6, 6.07) is 4.57. The quantitative estimate of drug-likeness (QED) is 0.711. The molecule has 2 rings (SSSR count). The maximum atomic E-state index is 3.50. The molecule has 1 aliphatic rings. The van der Waals surface area contributed by atoms with Gasteiger partial charge >= 0.3 is 0 Å². The van der Waals surface area contributed by atoms with Gasteiger partial charge in [0.2, 0.25) is 0 Å². The second-order valence-corrected chi connectivity index (χ2v) is 4.21. The van der Waals surface area contributed by atoms with Gasteiger partial charge in [0.25, 0.3) is 0 Å². The summed E-state index contributed by atoms with van der Waals surface area (Å²) in [5, 5.41) is 3.50. The zero-order valence-electron chi connectivity index (χ0n) is 9.22. The predicted octanol–water partition coefficient (Wildman–Crippen LogP) is 3.49. The van der Waals surface area contributed by atoms with Crippen LogP contribution in [0.2, 0.25) is 0 Å². The minimum Gasteiger partial charge on any atom is -0.385 e. The molecule has 1 N–H and O–H groups in total. The first-order chi connectivity index (χ1) is 6.72. The maximum absolute atomic E-state index is 3.50. The Kier molecular flexibility index (Phi) is 2.49.